The molecule has 76 valence electrons. The van der Waals surface area contributed by atoms with Crippen LogP contribution in [0.25, 0.3) is 0 Å². The third-order valence-corrected chi connectivity index (χ3v) is 2.88. The van der Waals surface area contributed by atoms with Crippen molar-refractivity contribution in [2.45, 2.75) is 32.2 Å². The highest BCUT2D eigenvalue weighted by atomic mass is 16.6. The molecule has 0 aromatic heterocycles. The lowest BCUT2D eigenvalue weighted by molar-refractivity contribution is -0.529. The molecule has 0 bridgehead atoms. The molecule has 1 aromatic carbocycles. The van der Waals surface area contributed by atoms with E-state index in [-0.39, 0.29) is 4.92 Å². The Hall–Kier alpha value is -1.38. The minimum atomic E-state index is -0.579. The second-order valence-electron chi connectivity index (χ2n) is 4.05. The quantitative estimate of drug-likeness (QED) is 0.547. The van der Waals surface area contributed by atoms with Gasteiger partial charge in [-0.15, -0.1) is 0 Å². The summed E-state index contributed by atoms with van der Waals surface area (Å²) in [5.74, 6) is 0. The van der Waals surface area contributed by atoms with E-state index in [2.05, 4.69) is 0 Å². The van der Waals surface area contributed by atoms with Gasteiger partial charge in [-0.3, -0.25) is 10.1 Å². The number of nitro groups is 1. The molecule has 0 spiro atoms. The second kappa shape index (κ2) is 3.78. The highest BCUT2D eigenvalue weighted by molar-refractivity contribution is 5.24. The Balaban J connectivity index is 3.02. The molecule has 0 saturated heterocycles. The predicted octanol–water partition coefficient (Wildman–Crippen LogP) is 2.63. The zero-order chi connectivity index (χ0) is 10.8. The fourth-order valence-electron chi connectivity index (χ4n) is 1.37. The van der Waals surface area contributed by atoms with Crippen LogP contribution in [-0.2, 0) is 5.41 Å². The van der Waals surface area contributed by atoms with Gasteiger partial charge < -0.3 is 0 Å². The highest BCUT2D eigenvalue weighted by Crippen LogP contribution is 2.28. The molecule has 1 unspecified atom stereocenters. The summed E-state index contributed by atoms with van der Waals surface area (Å²) in [6, 6.07) is 9.01. The van der Waals surface area contributed by atoms with Crippen molar-refractivity contribution in [2.75, 3.05) is 0 Å². The normalized spacial score (nSPS) is 13.6. The molecule has 0 aliphatic heterocycles. The lowest BCUT2D eigenvalue weighted by atomic mass is 9.79. The maximum atomic E-state index is 10.7. The maximum Gasteiger partial charge on any atom is 0.219 e. The molecular weight excluding hydrogens is 178 g/mol. The van der Waals surface area contributed by atoms with Crippen LogP contribution >= 0.6 is 0 Å². The van der Waals surface area contributed by atoms with E-state index in [4.69, 9.17) is 0 Å². The molecule has 1 atom stereocenters. The zero-order valence-corrected chi connectivity index (χ0v) is 8.73. The van der Waals surface area contributed by atoms with E-state index in [0.717, 1.165) is 5.56 Å². The van der Waals surface area contributed by atoms with E-state index in [0.29, 0.717) is 0 Å². The lowest BCUT2D eigenvalue weighted by Gasteiger charge is -2.25. The van der Waals surface area contributed by atoms with Crippen LogP contribution in [0.2, 0.25) is 0 Å². The molecule has 0 amide bonds. The van der Waals surface area contributed by atoms with Crippen LogP contribution in [0.1, 0.15) is 26.3 Å². The molecule has 3 nitrogen and oxygen atoms in total. The summed E-state index contributed by atoms with van der Waals surface area (Å²) in [6.07, 6.45) is 0. The SMILES string of the molecule is CC([N+](=O)[O-])C(C)(C)c1ccccc1. The summed E-state index contributed by atoms with van der Waals surface area (Å²) in [4.78, 5) is 10.5. The van der Waals surface area contributed by atoms with Crippen LogP contribution in [0.15, 0.2) is 30.3 Å². The van der Waals surface area contributed by atoms with Gasteiger partial charge in [-0.1, -0.05) is 30.3 Å². The number of rotatable bonds is 3. The summed E-state index contributed by atoms with van der Waals surface area (Å²) in [6.45, 7) is 5.44. The molecule has 14 heavy (non-hydrogen) atoms. The summed E-state index contributed by atoms with van der Waals surface area (Å²) in [7, 11) is 0. The maximum absolute atomic E-state index is 10.7. The monoisotopic (exact) mass is 193 g/mol. The van der Waals surface area contributed by atoms with E-state index in [1.54, 1.807) is 6.92 Å². The van der Waals surface area contributed by atoms with Gasteiger partial charge in [-0.05, 0) is 19.4 Å². The molecule has 0 fully saturated rings. The first-order chi connectivity index (χ1) is 6.46. The Morgan fingerprint density at radius 3 is 2.21 bits per heavy atom. The Labute approximate surface area is 83.9 Å². The van der Waals surface area contributed by atoms with Gasteiger partial charge in [0.15, 0.2) is 0 Å². The Morgan fingerprint density at radius 1 is 1.29 bits per heavy atom. The topological polar surface area (TPSA) is 43.1 Å². The van der Waals surface area contributed by atoms with Crippen LogP contribution in [0.5, 0.6) is 0 Å². The minimum Gasteiger partial charge on any atom is -0.264 e. The number of benzene rings is 1. The lowest BCUT2D eigenvalue weighted by Crippen LogP contribution is -2.37. The van der Waals surface area contributed by atoms with Gasteiger partial charge in [-0.25, -0.2) is 0 Å². The van der Waals surface area contributed by atoms with Crippen LogP contribution in [0.3, 0.4) is 0 Å². The number of hydrogen-bond donors (Lipinski definition) is 0. The van der Waals surface area contributed by atoms with E-state index in [1.807, 2.05) is 44.2 Å². The van der Waals surface area contributed by atoms with Crippen LogP contribution in [0, 0.1) is 10.1 Å². The summed E-state index contributed by atoms with van der Waals surface area (Å²) < 4.78 is 0. The number of hydrogen-bond acceptors (Lipinski definition) is 2. The van der Waals surface area contributed by atoms with Crippen molar-refractivity contribution in [3.8, 4) is 0 Å². The van der Waals surface area contributed by atoms with Crippen molar-refractivity contribution in [1.82, 2.24) is 0 Å². The van der Waals surface area contributed by atoms with Crippen LogP contribution < -0.4 is 0 Å². The van der Waals surface area contributed by atoms with E-state index in [1.165, 1.54) is 0 Å². The van der Waals surface area contributed by atoms with E-state index >= 15 is 0 Å². The average Bonchev–Trinajstić information content (AvgIpc) is 2.18. The second-order valence-corrected chi connectivity index (χ2v) is 4.05. The standard InChI is InChI=1S/C11H15NO2/c1-9(12(13)14)11(2,3)10-7-5-4-6-8-10/h4-9H,1-3H3. The minimum absolute atomic E-state index is 0.229. The Bertz CT molecular complexity index is 319. The van der Waals surface area contributed by atoms with Crippen molar-refractivity contribution in [3.63, 3.8) is 0 Å². The van der Waals surface area contributed by atoms with Gasteiger partial charge in [0.05, 0.1) is 5.41 Å². The molecular formula is C11H15NO2. The van der Waals surface area contributed by atoms with Gasteiger partial charge >= 0.3 is 0 Å². The third-order valence-electron chi connectivity index (χ3n) is 2.88. The van der Waals surface area contributed by atoms with Gasteiger partial charge in [0, 0.05) is 11.8 Å². The van der Waals surface area contributed by atoms with Gasteiger partial charge in [0.2, 0.25) is 6.04 Å². The molecule has 3 heteroatoms. The van der Waals surface area contributed by atoms with Crippen LogP contribution in [0.4, 0.5) is 0 Å². The molecule has 1 rings (SSSR count). The molecule has 0 N–H and O–H groups in total. The third kappa shape index (κ3) is 1.92. The van der Waals surface area contributed by atoms with Gasteiger partial charge in [0.25, 0.3) is 0 Å². The fourth-order valence-corrected chi connectivity index (χ4v) is 1.37. The van der Waals surface area contributed by atoms with Gasteiger partial charge in [0.1, 0.15) is 0 Å². The average molecular weight is 193 g/mol. The van der Waals surface area contributed by atoms with E-state index in [9.17, 15) is 10.1 Å². The first kappa shape index (κ1) is 10.7. The molecule has 0 radical (unpaired) electrons. The van der Waals surface area contributed by atoms with Crippen molar-refractivity contribution >= 4 is 0 Å². The molecule has 1 aromatic rings. The fraction of sp³-hybridized carbons (Fsp3) is 0.455. The summed E-state index contributed by atoms with van der Waals surface area (Å²) in [5, 5.41) is 10.7. The first-order valence-electron chi connectivity index (χ1n) is 4.65. The first-order valence-corrected chi connectivity index (χ1v) is 4.65. The highest BCUT2D eigenvalue weighted by Gasteiger charge is 2.36. The van der Waals surface area contributed by atoms with Gasteiger partial charge in [-0.2, -0.15) is 0 Å². The van der Waals surface area contributed by atoms with Crippen molar-refractivity contribution in [1.29, 1.82) is 0 Å². The molecule has 0 saturated carbocycles. The van der Waals surface area contributed by atoms with Crippen molar-refractivity contribution < 1.29 is 4.92 Å². The molecule has 0 aliphatic rings. The summed E-state index contributed by atoms with van der Waals surface area (Å²) >= 11 is 0. The smallest absolute Gasteiger partial charge is 0.219 e. The number of nitrogens with zero attached hydrogens (tertiary/aromatic N) is 1. The van der Waals surface area contributed by atoms with E-state index < -0.39 is 11.5 Å². The van der Waals surface area contributed by atoms with Crippen molar-refractivity contribution in [3.05, 3.63) is 46.0 Å². The predicted molar refractivity (Wildman–Crippen MR) is 55.9 cm³/mol. The Kier molecular flexibility index (Phi) is 2.89. The largest absolute Gasteiger partial charge is 0.264 e. The summed E-state index contributed by atoms with van der Waals surface area (Å²) in [5.41, 5.74) is 0.578. The Morgan fingerprint density at radius 2 is 1.79 bits per heavy atom. The molecule has 0 heterocycles. The van der Waals surface area contributed by atoms with Crippen molar-refractivity contribution in [2.24, 2.45) is 0 Å². The van der Waals surface area contributed by atoms with Crippen LogP contribution in [-0.4, -0.2) is 11.0 Å². The zero-order valence-electron chi connectivity index (χ0n) is 8.73. The molecule has 0 aliphatic carbocycles.